The molecule has 3 aromatic carbocycles. The first-order chi connectivity index (χ1) is 11.1. The van der Waals surface area contributed by atoms with Gasteiger partial charge in [-0.05, 0) is 46.7 Å². The first-order valence-corrected chi connectivity index (χ1v) is 7.80. The summed E-state index contributed by atoms with van der Waals surface area (Å²) >= 11 is 11.9. The van der Waals surface area contributed by atoms with E-state index < -0.39 is 0 Å². The summed E-state index contributed by atoms with van der Waals surface area (Å²) in [5, 5.41) is 6.12. The van der Waals surface area contributed by atoms with Crippen molar-refractivity contribution in [3.8, 4) is 0 Å². The van der Waals surface area contributed by atoms with Gasteiger partial charge in [-0.3, -0.25) is 4.79 Å². The molecule has 0 spiro atoms. The van der Waals surface area contributed by atoms with Crippen molar-refractivity contribution in [3.05, 3.63) is 82.3 Å². The van der Waals surface area contributed by atoms with Crippen LogP contribution in [0.4, 0.5) is 5.69 Å². The van der Waals surface area contributed by atoms with Gasteiger partial charge in [0.05, 0.1) is 0 Å². The van der Waals surface area contributed by atoms with Gasteiger partial charge in [0.1, 0.15) is 0 Å². The van der Waals surface area contributed by atoms with Gasteiger partial charge in [-0.1, -0.05) is 59.6 Å². The lowest BCUT2D eigenvalue weighted by atomic mass is 10.1. The maximum Gasteiger partial charge on any atom is 0.248 e. The number of halogens is 2. The van der Waals surface area contributed by atoms with E-state index in [4.69, 9.17) is 23.2 Å². The van der Waals surface area contributed by atoms with E-state index in [2.05, 4.69) is 5.32 Å². The average molecular weight is 342 g/mol. The largest absolute Gasteiger partial charge is 0.322 e. The van der Waals surface area contributed by atoms with Crippen molar-refractivity contribution in [2.24, 2.45) is 0 Å². The Morgan fingerprint density at radius 3 is 2.48 bits per heavy atom. The molecule has 0 aliphatic carbocycles. The SMILES string of the molecule is O=C(C=Cc1ccc(Cl)cc1Cl)Nc1ccc2ccccc2c1. The fourth-order valence-corrected chi connectivity index (χ4v) is 2.72. The monoisotopic (exact) mass is 341 g/mol. The molecule has 0 unspecified atom stereocenters. The molecule has 1 amide bonds. The van der Waals surface area contributed by atoms with Crippen LogP contribution in [0.1, 0.15) is 5.56 Å². The van der Waals surface area contributed by atoms with Crippen molar-refractivity contribution in [2.75, 3.05) is 5.32 Å². The van der Waals surface area contributed by atoms with Crippen LogP contribution in [-0.4, -0.2) is 5.91 Å². The second-order valence-corrected chi connectivity index (χ2v) is 5.89. The number of carbonyl (C=O) groups excluding carboxylic acids is 1. The van der Waals surface area contributed by atoms with Crippen LogP contribution in [0.25, 0.3) is 16.8 Å². The molecule has 0 atom stereocenters. The molecule has 0 saturated carbocycles. The third-order valence-electron chi connectivity index (χ3n) is 3.39. The van der Waals surface area contributed by atoms with E-state index >= 15 is 0 Å². The van der Waals surface area contributed by atoms with E-state index in [9.17, 15) is 4.79 Å². The minimum absolute atomic E-state index is 0.216. The highest BCUT2D eigenvalue weighted by Crippen LogP contribution is 2.22. The zero-order valence-electron chi connectivity index (χ0n) is 12.1. The summed E-state index contributed by atoms with van der Waals surface area (Å²) in [7, 11) is 0. The Hall–Kier alpha value is -2.29. The summed E-state index contributed by atoms with van der Waals surface area (Å²) in [6.07, 6.45) is 3.11. The van der Waals surface area contributed by atoms with Gasteiger partial charge >= 0.3 is 0 Å². The maximum atomic E-state index is 12.0. The molecule has 114 valence electrons. The first-order valence-electron chi connectivity index (χ1n) is 7.05. The lowest BCUT2D eigenvalue weighted by Gasteiger charge is -2.04. The van der Waals surface area contributed by atoms with Gasteiger partial charge in [-0.15, -0.1) is 0 Å². The molecule has 0 aromatic heterocycles. The van der Waals surface area contributed by atoms with Crippen molar-refractivity contribution in [3.63, 3.8) is 0 Å². The van der Waals surface area contributed by atoms with Crippen LogP contribution in [0, 0.1) is 0 Å². The number of nitrogens with one attached hydrogen (secondary N) is 1. The summed E-state index contributed by atoms with van der Waals surface area (Å²) in [5.74, 6) is -0.216. The molecular weight excluding hydrogens is 329 g/mol. The molecule has 3 rings (SSSR count). The predicted molar refractivity (Wildman–Crippen MR) is 98.1 cm³/mol. The van der Waals surface area contributed by atoms with Gasteiger partial charge in [0.15, 0.2) is 0 Å². The van der Waals surface area contributed by atoms with Crippen LogP contribution in [0.3, 0.4) is 0 Å². The Bertz CT molecular complexity index is 903. The van der Waals surface area contributed by atoms with E-state index in [0.29, 0.717) is 10.0 Å². The zero-order valence-corrected chi connectivity index (χ0v) is 13.6. The van der Waals surface area contributed by atoms with E-state index in [1.54, 1.807) is 24.3 Å². The van der Waals surface area contributed by atoms with Crippen molar-refractivity contribution in [2.45, 2.75) is 0 Å². The van der Waals surface area contributed by atoms with Crippen molar-refractivity contribution < 1.29 is 4.79 Å². The summed E-state index contributed by atoms with van der Waals surface area (Å²) in [5.41, 5.74) is 1.49. The van der Waals surface area contributed by atoms with Gasteiger partial charge in [0.2, 0.25) is 5.91 Å². The minimum Gasteiger partial charge on any atom is -0.322 e. The summed E-state index contributed by atoms with van der Waals surface area (Å²) in [6, 6.07) is 18.9. The topological polar surface area (TPSA) is 29.1 Å². The number of hydrogen-bond acceptors (Lipinski definition) is 1. The molecule has 0 fully saturated rings. The average Bonchev–Trinajstić information content (AvgIpc) is 2.54. The Morgan fingerprint density at radius 2 is 1.70 bits per heavy atom. The molecule has 0 aliphatic heterocycles. The van der Waals surface area contributed by atoms with Gasteiger partial charge in [0, 0.05) is 21.8 Å². The van der Waals surface area contributed by atoms with Gasteiger partial charge in [0.25, 0.3) is 0 Å². The zero-order chi connectivity index (χ0) is 16.2. The lowest BCUT2D eigenvalue weighted by molar-refractivity contribution is -0.111. The number of anilines is 1. The van der Waals surface area contributed by atoms with Crippen molar-refractivity contribution >= 4 is 51.6 Å². The molecule has 1 N–H and O–H groups in total. The fourth-order valence-electron chi connectivity index (χ4n) is 2.25. The van der Waals surface area contributed by atoms with Crippen LogP contribution in [-0.2, 0) is 4.79 Å². The Balaban J connectivity index is 1.74. The van der Waals surface area contributed by atoms with E-state index in [-0.39, 0.29) is 5.91 Å². The molecule has 3 aromatic rings. The van der Waals surface area contributed by atoms with E-state index in [0.717, 1.165) is 22.0 Å². The van der Waals surface area contributed by atoms with Gasteiger partial charge in [-0.2, -0.15) is 0 Å². The highest BCUT2D eigenvalue weighted by molar-refractivity contribution is 6.35. The molecule has 4 heteroatoms. The molecule has 0 bridgehead atoms. The number of fused-ring (bicyclic) bond motifs is 1. The maximum absolute atomic E-state index is 12.0. The quantitative estimate of drug-likeness (QED) is 0.599. The van der Waals surface area contributed by atoms with Crippen LogP contribution in [0.15, 0.2) is 66.7 Å². The summed E-state index contributed by atoms with van der Waals surface area (Å²) in [4.78, 5) is 12.0. The number of benzene rings is 3. The first kappa shape index (κ1) is 15.6. The highest BCUT2D eigenvalue weighted by Gasteiger charge is 2.01. The molecule has 0 saturated heterocycles. The molecular formula is C19H13Cl2NO. The Kier molecular flexibility index (Phi) is 4.65. The smallest absolute Gasteiger partial charge is 0.248 e. The third kappa shape index (κ3) is 3.92. The Morgan fingerprint density at radius 1 is 0.913 bits per heavy atom. The number of amides is 1. The number of rotatable bonds is 3. The van der Waals surface area contributed by atoms with Crippen molar-refractivity contribution in [1.82, 2.24) is 0 Å². The summed E-state index contributed by atoms with van der Waals surface area (Å²) < 4.78 is 0. The second-order valence-electron chi connectivity index (χ2n) is 5.05. The van der Waals surface area contributed by atoms with Gasteiger partial charge < -0.3 is 5.32 Å². The Labute approximate surface area is 144 Å². The van der Waals surface area contributed by atoms with Crippen LogP contribution in [0.2, 0.25) is 10.0 Å². The molecule has 0 radical (unpaired) electrons. The predicted octanol–water partition coefficient (Wildman–Crippen LogP) is 5.80. The number of hydrogen-bond donors (Lipinski definition) is 1. The normalized spacial score (nSPS) is 11.0. The summed E-state index contributed by atoms with van der Waals surface area (Å²) in [6.45, 7) is 0. The standard InChI is InChI=1S/C19H13Cl2NO/c20-16-8-5-14(18(21)12-16)7-10-19(23)22-17-9-6-13-3-1-2-4-15(13)11-17/h1-12H,(H,22,23). The molecule has 2 nitrogen and oxygen atoms in total. The third-order valence-corrected chi connectivity index (χ3v) is 3.96. The minimum atomic E-state index is -0.216. The molecule has 23 heavy (non-hydrogen) atoms. The highest BCUT2D eigenvalue weighted by atomic mass is 35.5. The van der Waals surface area contributed by atoms with E-state index in [1.165, 1.54) is 6.08 Å². The molecule has 0 aliphatic rings. The van der Waals surface area contributed by atoms with Crippen LogP contribution >= 0.6 is 23.2 Å². The number of carbonyl (C=O) groups is 1. The molecule has 0 heterocycles. The van der Waals surface area contributed by atoms with E-state index in [1.807, 2.05) is 42.5 Å². The fraction of sp³-hybridized carbons (Fsp3) is 0. The van der Waals surface area contributed by atoms with Gasteiger partial charge in [-0.25, -0.2) is 0 Å². The van der Waals surface area contributed by atoms with Crippen molar-refractivity contribution in [1.29, 1.82) is 0 Å². The second kappa shape index (κ2) is 6.86. The lowest BCUT2D eigenvalue weighted by Crippen LogP contribution is -2.07. The van der Waals surface area contributed by atoms with Crippen LogP contribution in [0.5, 0.6) is 0 Å². The van der Waals surface area contributed by atoms with Crippen LogP contribution < -0.4 is 5.32 Å².